The van der Waals surface area contributed by atoms with Crippen LogP contribution in [0.2, 0.25) is 0 Å². The third-order valence-corrected chi connectivity index (χ3v) is 4.52. The van der Waals surface area contributed by atoms with Crippen molar-refractivity contribution in [3.05, 3.63) is 35.1 Å². The standard InChI is InChI=1S/C16H21FOS/c1-12(2)13(3)19-11-15-7-8-16(17)10-14(15)6-4-5-9-18/h7-8,10,12-13,18H,5,9,11H2,1-3H3. The largest absolute Gasteiger partial charge is 0.395 e. The Balaban J connectivity index is 2.80. The van der Waals surface area contributed by atoms with Gasteiger partial charge in [-0.25, -0.2) is 4.39 Å². The molecule has 1 nitrogen and oxygen atoms in total. The Hall–Kier alpha value is -0.980. The van der Waals surface area contributed by atoms with Gasteiger partial charge in [-0.1, -0.05) is 38.7 Å². The maximum Gasteiger partial charge on any atom is 0.124 e. The highest BCUT2D eigenvalue weighted by molar-refractivity contribution is 7.99. The zero-order chi connectivity index (χ0) is 14.3. The Morgan fingerprint density at radius 2 is 2.05 bits per heavy atom. The molecule has 1 rings (SSSR count). The highest BCUT2D eigenvalue weighted by Gasteiger charge is 2.09. The fourth-order valence-electron chi connectivity index (χ4n) is 1.42. The van der Waals surface area contributed by atoms with Crippen molar-refractivity contribution in [3.63, 3.8) is 0 Å². The van der Waals surface area contributed by atoms with Crippen LogP contribution in [0.3, 0.4) is 0 Å². The van der Waals surface area contributed by atoms with Gasteiger partial charge in [0, 0.05) is 23.0 Å². The van der Waals surface area contributed by atoms with E-state index in [1.165, 1.54) is 12.1 Å². The van der Waals surface area contributed by atoms with E-state index < -0.39 is 0 Å². The number of aliphatic hydroxyl groups excluding tert-OH is 1. The van der Waals surface area contributed by atoms with Crippen LogP contribution < -0.4 is 0 Å². The van der Waals surface area contributed by atoms with Crippen LogP contribution in [0.15, 0.2) is 18.2 Å². The number of thioether (sulfide) groups is 1. The third kappa shape index (κ3) is 5.67. The minimum atomic E-state index is -0.265. The smallest absolute Gasteiger partial charge is 0.124 e. The topological polar surface area (TPSA) is 20.2 Å². The van der Waals surface area contributed by atoms with Crippen LogP contribution in [0.1, 0.15) is 38.3 Å². The van der Waals surface area contributed by atoms with Crippen molar-refractivity contribution in [2.24, 2.45) is 5.92 Å². The first-order chi connectivity index (χ1) is 9.04. The lowest BCUT2D eigenvalue weighted by atomic mass is 10.1. The first-order valence-electron chi connectivity index (χ1n) is 6.54. The molecule has 104 valence electrons. The predicted octanol–water partition coefficient (Wildman–Crippen LogP) is 3.84. The molecule has 0 radical (unpaired) electrons. The molecule has 1 unspecified atom stereocenters. The van der Waals surface area contributed by atoms with Crippen LogP contribution in [0, 0.1) is 23.6 Å². The molecular formula is C16H21FOS. The molecule has 0 aliphatic carbocycles. The zero-order valence-electron chi connectivity index (χ0n) is 11.7. The molecule has 0 heterocycles. The number of hydrogen-bond acceptors (Lipinski definition) is 2. The second kappa shape index (κ2) is 8.24. The fourth-order valence-corrected chi connectivity index (χ4v) is 2.50. The van der Waals surface area contributed by atoms with Gasteiger partial charge in [0.05, 0.1) is 6.61 Å². The molecule has 0 aliphatic rings. The van der Waals surface area contributed by atoms with Gasteiger partial charge in [0.15, 0.2) is 0 Å². The van der Waals surface area contributed by atoms with E-state index in [0.29, 0.717) is 17.6 Å². The zero-order valence-corrected chi connectivity index (χ0v) is 12.6. The summed E-state index contributed by atoms with van der Waals surface area (Å²) in [4.78, 5) is 0. The minimum absolute atomic E-state index is 0.0385. The van der Waals surface area contributed by atoms with Crippen molar-refractivity contribution in [3.8, 4) is 11.8 Å². The van der Waals surface area contributed by atoms with Crippen molar-refractivity contribution < 1.29 is 9.50 Å². The molecule has 0 saturated carbocycles. The average Bonchev–Trinajstić information content (AvgIpc) is 2.37. The van der Waals surface area contributed by atoms with Gasteiger partial charge >= 0.3 is 0 Å². The first-order valence-corrected chi connectivity index (χ1v) is 7.59. The molecular weight excluding hydrogens is 259 g/mol. The van der Waals surface area contributed by atoms with Gasteiger partial charge < -0.3 is 5.11 Å². The summed E-state index contributed by atoms with van der Waals surface area (Å²) in [5.41, 5.74) is 1.79. The van der Waals surface area contributed by atoms with Crippen LogP contribution in [-0.2, 0) is 5.75 Å². The van der Waals surface area contributed by atoms with Crippen LogP contribution in [0.25, 0.3) is 0 Å². The second-order valence-corrected chi connectivity index (χ2v) is 6.20. The molecule has 19 heavy (non-hydrogen) atoms. The Morgan fingerprint density at radius 1 is 1.32 bits per heavy atom. The van der Waals surface area contributed by atoms with E-state index in [-0.39, 0.29) is 12.4 Å². The molecule has 1 aromatic carbocycles. The van der Waals surface area contributed by atoms with Crippen molar-refractivity contribution >= 4 is 11.8 Å². The van der Waals surface area contributed by atoms with Gasteiger partial charge in [-0.3, -0.25) is 0 Å². The van der Waals surface area contributed by atoms with Crippen LogP contribution in [0.5, 0.6) is 0 Å². The molecule has 1 aromatic rings. The molecule has 0 aliphatic heterocycles. The van der Waals surface area contributed by atoms with Crippen molar-refractivity contribution in [2.45, 2.75) is 38.2 Å². The average molecular weight is 280 g/mol. The Morgan fingerprint density at radius 3 is 2.68 bits per heavy atom. The Bertz CT molecular complexity index is 460. The van der Waals surface area contributed by atoms with E-state index in [0.717, 1.165) is 16.9 Å². The van der Waals surface area contributed by atoms with Crippen molar-refractivity contribution in [2.75, 3.05) is 6.61 Å². The van der Waals surface area contributed by atoms with Crippen molar-refractivity contribution in [1.29, 1.82) is 0 Å². The molecule has 0 saturated heterocycles. The highest BCUT2D eigenvalue weighted by Crippen LogP contribution is 2.25. The fraction of sp³-hybridized carbons (Fsp3) is 0.500. The molecule has 1 atom stereocenters. The van der Waals surface area contributed by atoms with Crippen molar-refractivity contribution in [1.82, 2.24) is 0 Å². The first kappa shape index (κ1) is 16.1. The molecule has 0 aromatic heterocycles. The predicted molar refractivity (Wildman–Crippen MR) is 80.6 cm³/mol. The Labute approximate surface area is 119 Å². The molecule has 3 heteroatoms. The second-order valence-electron chi connectivity index (χ2n) is 4.84. The summed E-state index contributed by atoms with van der Waals surface area (Å²) < 4.78 is 13.3. The summed E-state index contributed by atoms with van der Waals surface area (Å²) in [7, 11) is 0. The minimum Gasteiger partial charge on any atom is -0.395 e. The van der Waals surface area contributed by atoms with Gasteiger partial charge in [0.1, 0.15) is 5.82 Å². The molecule has 0 spiro atoms. The number of hydrogen-bond donors (Lipinski definition) is 1. The molecule has 0 fully saturated rings. The monoisotopic (exact) mass is 280 g/mol. The Kier molecular flexibility index (Phi) is 6.97. The number of halogens is 1. The number of benzene rings is 1. The number of aliphatic hydroxyl groups is 1. The van der Waals surface area contributed by atoms with E-state index in [1.54, 1.807) is 6.07 Å². The summed E-state index contributed by atoms with van der Waals surface area (Å²) in [6, 6.07) is 4.76. The lowest BCUT2D eigenvalue weighted by molar-refractivity contribution is 0.305. The van der Waals surface area contributed by atoms with E-state index in [4.69, 9.17) is 5.11 Å². The van der Waals surface area contributed by atoms with Gasteiger partial charge in [-0.05, 0) is 23.6 Å². The summed E-state index contributed by atoms with van der Waals surface area (Å²) in [5, 5.41) is 9.28. The van der Waals surface area contributed by atoms with E-state index in [9.17, 15) is 4.39 Å². The van der Waals surface area contributed by atoms with Crippen LogP contribution in [-0.4, -0.2) is 17.0 Å². The molecule has 0 amide bonds. The molecule has 0 bridgehead atoms. The van der Waals surface area contributed by atoms with Crippen LogP contribution >= 0.6 is 11.8 Å². The van der Waals surface area contributed by atoms with Gasteiger partial charge in [0.2, 0.25) is 0 Å². The third-order valence-electron chi connectivity index (χ3n) is 2.97. The number of rotatable bonds is 5. The normalized spacial score (nSPS) is 12.1. The van der Waals surface area contributed by atoms with E-state index in [1.807, 2.05) is 11.8 Å². The summed E-state index contributed by atoms with van der Waals surface area (Å²) in [5.74, 6) is 6.99. The SMILES string of the molecule is CC(C)C(C)SCc1ccc(F)cc1C#CCCO. The lowest BCUT2D eigenvalue weighted by Gasteiger charge is -2.15. The maximum absolute atomic E-state index is 13.3. The quantitative estimate of drug-likeness (QED) is 0.827. The van der Waals surface area contributed by atoms with Gasteiger partial charge in [-0.2, -0.15) is 11.8 Å². The van der Waals surface area contributed by atoms with E-state index in [2.05, 4.69) is 32.6 Å². The summed E-state index contributed by atoms with van der Waals surface area (Å²) in [6.45, 7) is 6.64. The van der Waals surface area contributed by atoms with Gasteiger partial charge in [-0.15, -0.1) is 0 Å². The highest BCUT2D eigenvalue weighted by atomic mass is 32.2. The summed E-state index contributed by atoms with van der Waals surface area (Å²) >= 11 is 1.86. The molecule has 1 N–H and O–H groups in total. The lowest BCUT2D eigenvalue weighted by Crippen LogP contribution is -2.06. The van der Waals surface area contributed by atoms with Crippen LogP contribution in [0.4, 0.5) is 4.39 Å². The van der Waals surface area contributed by atoms with E-state index >= 15 is 0 Å². The summed E-state index contributed by atoms with van der Waals surface area (Å²) in [6.07, 6.45) is 0.422. The van der Waals surface area contributed by atoms with Gasteiger partial charge in [0.25, 0.3) is 0 Å². The maximum atomic E-state index is 13.3.